The Balaban J connectivity index is 1.91. The molecule has 1 aromatic heterocycles. The summed E-state index contributed by atoms with van der Waals surface area (Å²) in [6.45, 7) is 0. The van der Waals surface area contributed by atoms with Crippen molar-refractivity contribution in [1.82, 2.24) is 9.78 Å². The van der Waals surface area contributed by atoms with Gasteiger partial charge in [-0.3, -0.25) is 4.79 Å². The maximum atomic E-state index is 13.1. The third-order valence-corrected chi connectivity index (χ3v) is 4.12. The Morgan fingerprint density at radius 3 is 2.10 bits per heavy atom. The van der Waals surface area contributed by atoms with Crippen molar-refractivity contribution in [2.45, 2.75) is 12.4 Å². The summed E-state index contributed by atoms with van der Waals surface area (Å²) in [4.78, 5) is 12.3. The molecule has 29 heavy (non-hydrogen) atoms. The summed E-state index contributed by atoms with van der Waals surface area (Å²) in [5.74, 6) is -0.600. The zero-order chi connectivity index (χ0) is 21.4. The molecular formula is C18H10ClF6N3O. The van der Waals surface area contributed by atoms with Crippen LogP contribution in [0.25, 0.3) is 5.69 Å². The van der Waals surface area contributed by atoms with Crippen LogP contribution in [0.5, 0.6) is 0 Å². The van der Waals surface area contributed by atoms with Crippen molar-refractivity contribution in [3.8, 4) is 5.69 Å². The molecule has 2 aromatic carbocycles. The van der Waals surface area contributed by atoms with Crippen molar-refractivity contribution in [1.29, 1.82) is 0 Å². The first-order valence-electron chi connectivity index (χ1n) is 7.87. The molecule has 152 valence electrons. The summed E-state index contributed by atoms with van der Waals surface area (Å²) >= 11 is 5.94. The lowest BCUT2D eigenvalue weighted by atomic mass is 10.2. The van der Waals surface area contributed by atoms with Crippen LogP contribution >= 0.6 is 11.6 Å². The summed E-state index contributed by atoms with van der Waals surface area (Å²) in [6, 6.07) is 10.8. The van der Waals surface area contributed by atoms with E-state index in [1.807, 2.05) is 0 Å². The molecule has 0 aliphatic rings. The highest BCUT2D eigenvalue weighted by molar-refractivity contribution is 6.33. The molecule has 1 N–H and O–H groups in total. The van der Waals surface area contributed by atoms with Crippen molar-refractivity contribution in [2.75, 3.05) is 5.32 Å². The average molecular weight is 434 g/mol. The number of anilines is 1. The maximum absolute atomic E-state index is 13.1. The molecule has 1 amide bonds. The van der Waals surface area contributed by atoms with Crippen molar-refractivity contribution < 1.29 is 31.1 Å². The van der Waals surface area contributed by atoms with E-state index >= 15 is 0 Å². The molecule has 0 saturated heterocycles. The molecule has 0 aliphatic carbocycles. The number of nitrogens with zero attached hydrogens (tertiary/aromatic N) is 2. The van der Waals surface area contributed by atoms with Crippen molar-refractivity contribution in [2.24, 2.45) is 0 Å². The Bertz CT molecular complexity index is 1040. The van der Waals surface area contributed by atoms with Gasteiger partial charge in [0.25, 0.3) is 5.91 Å². The van der Waals surface area contributed by atoms with Crippen molar-refractivity contribution >= 4 is 23.2 Å². The van der Waals surface area contributed by atoms with Gasteiger partial charge in [-0.25, -0.2) is 4.68 Å². The number of aromatic nitrogens is 2. The summed E-state index contributed by atoms with van der Waals surface area (Å²) in [5.41, 5.74) is -3.17. The molecule has 0 aliphatic heterocycles. The Kier molecular flexibility index (Phi) is 5.31. The number of rotatable bonds is 3. The van der Waals surface area contributed by atoms with Gasteiger partial charge in [-0.2, -0.15) is 31.4 Å². The number of nitrogens with one attached hydrogen (secondary N) is 1. The van der Waals surface area contributed by atoms with E-state index in [9.17, 15) is 31.1 Å². The first kappa shape index (κ1) is 20.7. The molecule has 3 aromatic rings. The van der Waals surface area contributed by atoms with Gasteiger partial charge in [-0.05, 0) is 36.4 Å². The van der Waals surface area contributed by atoms with Crippen molar-refractivity contribution in [3.05, 3.63) is 76.6 Å². The molecule has 1 heterocycles. The fourth-order valence-electron chi connectivity index (χ4n) is 2.43. The number of amides is 1. The number of carbonyl (C=O) groups is 1. The average Bonchev–Trinajstić information content (AvgIpc) is 3.10. The van der Waals surface area contributed by atoms with E-state index < -0.39 is 29.6 Å². The lowest BCUT2D eigenvalue weighted by Gasteiger charge is -2.11. The maximum Gasteiger partial charge on any atom is 0.435 e. The van der Waals surface area contributed by atoms with Gasteiger partial charge in [0.1, 0.15) is 5.69 Å². The molecule has 0 saturated carbocycles. The molecule has 4 nitrogen and oxygen atoms in total. The lowest BCUT2D eigenvalue weighted by molar-refractivity contribution is -0.143. The number of halogens is 7. The third kappa shape index (κ3) is 4.53. The largest absolute Gasteiger partial charge is 0.435 e. The Labute approximate surface area is 164 Å². The minimum absolute atomic E-state index is 0.0606. The van der Waals surface area contributed by atoms with E-state index in [0.717, 1.165) is 24.3 Å². The van der Waals surface area contributed by atoms with Crippen LogP contribution in [0.2, 0.25) is 5.02 Å². The van der Waals surface area contributed by atoms with Crippen LogP contribution in [-0.2, 0) is 12.4 Å². The summed E-state index contributed by atoms with van der Waals surface area (Å²) in [5, 5.41) is 5.83. The quantitative estimate of drug-likeness (QED) is 0.529. The van der Waals surface area contributed by atoms with E-state index in [2.05, 4.69) is 10.4 Å². The first-order valence-corrected chi connectivity index (χ1v) is 8.25. The molecule has 3 rings (SSSR count). The van der Waals surface area contributed by atoms with Gasteiger partial charge in [0.15, 0.2) is 5.69 Å². The van der Waals surface area contributed by atoms with Crippen LogP contribution in [-0.4, -0.2) is 15.7 Å². The zero-order valence-corrected chi connectivity index (χ0v) is 14.9. The van der Waals surface area contributed by atoms with E-state index in [0.29, 0.717) is 5.69 Å². The van der Waals surface area contributed by atoms with E-state index in [4.69, 9.17) is 11.6 Å². The Morgan fingerprint density at radius 1 is 0.931 bits per heavy atom. The molecule has 0 fully saturated rings. The van der Waals surface area contributed by atoms with Crippen LogP contribution in [0.15, 0.2) is 54.6 Å². The summed E-state index contributed by atoms with van der Waals surface area (Å²) in [6.07, 6.45) is -10.1. The van der Waals surface area contributed by atoms with Gasteiger partial charge >= 0.3 is 12.4 Å². The van der Waals surface area contributed by atoms with Gasteiger partial charge in [-0.15, -0.1) is 0 Å². The monoisotopic (exact) mass is 433 g/mol. The highest BCUT2D eigenvalue weighted by Gasteiger charge is 2.42. The predicted octanol–water partition coefficient (Wildman–Crippen LogP) is 5.82. The fourth-order valence-corrected chi connectivity index (χ4v) is 2.61. The topological polar surface area (TPSA) is 46.9 Å². The van der Waals surface area contributed by atoms with Gasteiger partial charge in [-0.1, -0.05) is 23.7 Å². The molecule has 0 bridgehead atoms. The van der Waals surface area contributed by atoms with E-state index in [1.165, 1.54) is 0 Å². The number of hydrogen-bond donors (Lipinski definition) is 1. The Morgan fingerprint density at radius 2 is 1.55 bits per heavy atom. The normalized spacial score (nSPS) is 12.1. The minimum Gasteiger partial charge on any atom is -0.321 e. The van der Waals surface area contributed by atoms with Gasteiger partial charge < -0.3 is 5.32 Å². The molecule has 0 unspecified atom stereocenters. The third-order valence-electron chi connectivity index (χ3n) is 3.79. The number of benzene rings is 2. The van der Waals surface area contributed by atoms with Crippen LogP contribution < -0.4 is 5.32 Å². The van der Waals surface area contributed by atoms with Crippen LogP contribution in [0, 0.1) is 0 Å². The second-order valence-corrected chi connectivity index (χ2v) is 6.21. The molecular weight excluding hydrogens is 424 g/mol. The summed E-state index contributed by atoms with van der Waals surface area (Å²) < 4.78 is 77.9. The minimum atomic E-state index is -5.06. The highest BCUT2D eigenvalue weighted by Crippen LogP contribution is 2.36. The van der Waals surface area contributed by atoms with Gasteiger partial charge in [0, 0.05) is 11.6 Å². The van der Waals surface area contributed by atoms with Gasteiger partial charge in [0.05, 0.1) is 16.4 Å². The first-order chi connectivity index (χ1) is 13.5. The molecule has 0 radical (unpaired) electrons. The molecule has 11 heteroatoms. The van der Waals surface area contributed by atoms with Crippen LogP contribution in [0.1, 0.15) is 21.7 Å². The fraction of sp³-hybridized carbons (Fsp3) is 0.111. The molecule has 0 atom stereocenters. The lowest BCUT2D eigenvalue weighted by Crippen LogP contribution is -2.14. The van der Waals surface area contributed by atoms with Gasteiger partial charge in [0.2, 0.25) is 0 Å². The standard InChI is InChI=1S/C18H10ClF6N3O/c19-12-3-1-2-4-13(12)26-16(29)10-5-7-11(8-6-10)28-15(18(23,24)25)9-14(27-28)17(20,21)22/h1-9H,(H,26,29). The smallest absolute Gasteiger partial charge is 0.321 e. The Hall–Kier alpha value is -3.01. The SMILES string of the molecule is O=C(Nc1ccccc1Cl)c1ccc(-n2nc(C(F)(F)F)cc2C(F)(F)F)cc1. The van der Waals surface area contributed by atoms with Crippen LogP contribution in [0.3, 0.4) is 0 Å². The number of para-hydroxylation sites is 1. The van der Waals surface area contributed by atoms with E-state index in [-0.39, 0.29) is 27.0 Å². The van der Waals surface area contributed by atoms with Crippen LogP contribution in [0.4, 0.5) is 32.0 Å². The predicted molar refractivity (Wildman–Crippen MR) is 93.0 cm³/mol. The number of hydrogen-bond acceptors (Lipinski definition) is 2. The van der Waals surface area contributed by atoms with E-state index in [1.54, 1.807) is 24.3 Å². The van der Waals surface area contributed by atoms with Crippen molar-refractivity contribution in [3.63, 3.8) is 0 Å². The molecule has 0 spiro atoms. The zero-order valence-electron chi connectivity index (χ0n) is 14.1. The number of carbonyl (C=O) groups excluding carboxylic acids is 1. The second kappa shape index (κ2) is 7.43. The summed E-state index contributed by atoms with van der Waals surface area (Å²) in [7, 11) is 0. The second-order valence-electron chi connectivity index (χ2n) is 5.80. The highest BCUT2D eigenvalue weighted by atomic mass is 35.5. The number of alkyl halides is 6.